The fraction of sp³-hybridized carbons (Fsp3) is 0.412. The minimum atomic E-state index is -2.73. The van der Waals surface area contributed by atoms with Crippen molar-refractivity contribution in [3.8, 4) is 0 Å². The first-order chi connectivity index (χ1) is 11.3. The summed E-state index contributed by atoms with van der Waals surface area (Å²) in [5.74, 6) is -1.65. The van der Waals surface area contributed by atoms with Crippen LogP contribution in [0.25, 0.3) is 0 Å². The first-order valence-corrected chi connectivity index (χ1v) is 7.66. The molecule has 0 aliphatic heterocycles. The molecule has 0 spiro atoms. The van der Waals surface area contributed by atoms with Gasteiger partial charge < -0.3 is 5.11 Å². The second kappa shape index (κ2) is 5.96. The Morgan fingerprint density at radius 3 is 2.83 bits per heavy atom. The van der Waals surface area contributed by atoms with Crippen LogP contribution in [0.15, 0.2) is 30.6 Å². The van der Waals surface area contributed by atoms with Crippen molar-refractivity contribution in [1.29, 1.82) is 0 Å². The van der Waals surface area contributed by atoms with Gasteiger partial charge in [0.1, 0.15) is 5.82 Å². The number of rotatable bonds is 4. The van der Waals surface area contributed by atoms with Crippen LogP contribution in [0, 0.1) is 12.7 Å². The van der Waals surface area contributed by atoms with E-state index in [1.165, 1.54) is 24.5 Å². The van der Waals surface area contributed by atoms with Crippen molar-refractivity contribution in [3.05, 3.63) is 53.1 Å². The van der Waals surface area contributed by atoms with E-state index in [0.29, 0.717) is 34.2 Å². The predicted octanol–water partition coefficient (Wildman–Crippen LogP) is 4.02. The van der Waals surface area contributed by atoms with Crippen LogP contribution in [0.1, 0.15) is 48.4 Å². The number of alkyl halides is 2. The summed E-state index contributed by atoms with van der Waals surface area (Å²) in [5, 5.41) is 13.4. The molecular formula is C17H17F3N2O2. The number of halogens is 3. The Bertz CT molecular complexity index is 775. The van der Waals surface area contributed by atoms with Crippen LogP contribution < -0.4 is 0 Å². The maximum atomic E-state index is 13.9. The average molecular weight is 338 g/mol. The Morgan fingerprint density at radius 1 is 1.46 bits per heavy atom. The molecular weight excluding hydrogens is 321 g/mol. The summed E-state index contributed by atoms with van der Waals surface area (Å²) in [7, 11) is 0. The molecule has 1 heterocycles. The molecule has 2 unspecified atom stereocenters. The van der Waals surface area contributed by atoms with Gasteiger partial charge in [-0.15, -0.1) is 0 Å². The number of carboxylic acids is 1. The van der Waals surface area contributed by atoms with Crippen molar-refractivity contribution in [1.82, 2.24) is 9.78 Å². The van der Waals surface area contributed by atoms with Crippen LogP contribution in [0.2, 0.25) is 0 Å². The lowest BCUT2D eigenvalue weighted by atomic mass is 9.76. The average Bonchev–Trinajstić information content (AvgIpc) is 3.17. The highest BCUT2D eigenvalue weighted by Crippen LogP contribution is 2.49. The van der Waals surface area contributed by atoms with Crippen molar-refractivity contribution in [2.24, 2.45) is 0 Å². The zero-order valence-electron chi connectivity index (χ0n) is 13.0. The van der Waals surface area contributed by atoms with Crippen molar-refractivity contribution in [2.45, 2.75) is 44.1 Å². The lowest BCUT2D eigenvalue weighted by molar-refractivity contribution is -0.143. The van der Waals surface area contributed by atoms with Crippen molar-refractivity contribution in [3.63, 3.8) is 0 Å². The van der Waals surface area contributed by atoms with E-state index in [4.69, 9.17) is 0 Å². The van der Waals surface area contributed by atoms with Crippen LogP contribution in [0.5, 0.6) is 0 Å². The summed E-state index contributed by atoms with van der Waals surface area (Å²) < 4.78 is 39.8. The number of aliphatic carboxylic acids is 1. The van der Waals surface area contributed by atoms with Gasteiger partial charge >= 0.3 is 12.5 Å². The summed E-state index contributed by atoms with van der Waals surface area (Å²) in [6, 6.07) is 4.44. The predicted molar refractivity (Wildman–Crippen MR) is 80.5 cm³/mol. The minimum absolute atomic E-state index is 0.198. The molecule has 3 rings (SSSR count). The third kappa shape index (κ3) is 2.57. The van der Waals surface area contributed by atoms with Gasteiger partial charge in [-0.05, 0) is 54.9 Å². The molecule has 24 heavy (non-hydrogen) atoms. The third-order valence-electron chi connectivity index (χ3n) is 5.00. The molecule has 1 aromatic carbocycles. The molecule has 2 atom stereocenters. The molecule has 0 amide bonds. The molecule has 0 saturated heterocycles. The summed E-state index contributed by atoms with van der Waals surface area (Å²) in [6.45, 7) is -1.16. The van der Waals surface area contributed by atoms with E-state index < -0.39 is 23.8 Å². The fourth-order valence-electron chi connectivity index (χ4n) is 3.68. The van der Waals surface area contributed by atoms with E-state index in [0.717, 1.165) is 0 Å². The molecule has 1 N–H and O–H groups in total. The molecule has 1 aliphatic carbocycles. The minimum Gasteiger partial charge on any atom is -0.481 e. The van der Waals surface area contributed by atoms with E-state index in [9.17, 15) is 23.1 Å². The van der Waals surface area contributed by atoms with E-state index >= 15 is 0 Å². The van der Waals surface area contributed by atoms with Crippen LogP contribution >= 0.6 is 0 Å². The number of carboxylic acid groups (broad SMARTS) is 1. The zero-order valence-corrected chi connectivity index (χ0v) is 13.0. The van der Waals surface area contributed by atoms with Crippen molar-refractivity contribution >= 4 is 5.97 Å². The van der Waals surface area contributed by atoms with Gasteiger partial charge in [0.15, 0.2) is 0 Å². The standard InChI is InChI=1S/C17H17F3N2O2/c1-10-13(3-2-4-14(10)18)17(15(23)24)6-5-11(7-17)12-8-21-22(9-12)16(19)20/h2-4,8-9,11,16H,5-7H2,1H3,(H,23,24). The van der Waals surface area contributed by atoms with Crippen LogP contribution in [-0.4, -0.2) is 20.9 Å². The number of carbonyl (C=O) groups is 1. The Balaban J connectivity index is 1.96. The highest BCUT2D eigenvalue weighted by Gasteiger charge is 2.48. The van der Waals surface area contributed by atoms with E-state index in [-0.39, 0.29) is 12.3 Å². The molecule has 4 nitrogen and oxygen atoms in total. The molecule has 1 aliphatic rings. The SMILES string of the molecule is Cc1c(F)cccc1C1(C(=O)O)CCC(c2cnn(C(F)F)c2)C1. The lowest BCUT2D eigenvalue weighted by Crippen LogP contribution is -2.34. The Kier molecular flexibility index (Phi) is 4.11. The first-order valence-electron chi connectivity index (χ1n) is 7.66. The number of benzene rings is 1. The summed E-state index contributed by atoms with van der Waals surface area (Å²) >= 11 is 0. The molecule has 0 radical (unpaired) electrons. The molecule has 0 bridgehead atoms. The van der Waals surface area contributed by atoms with Gasteiger partial charge in [-0.25, -0.2) is 9.07 Å². The molecule has 1 saturated carbocycles. The second-order valence-electron chi connectivity index (χ2n) is 6.27. The smallest absolute Gasteiger partial charge is 0.333 e. The molecule has 2 aromatic rings. The van der Waals surface area contributed by atoms with Gasteiger partial charge in [-0.2, -0.15) is 13.9 Å². The van der Waals surface area contributed by atoms with Crippen LogP contribution in [0.3, 0.4) is 0 Å². The number of aromatic nitrogens is 2. The van der Waals surface area contributed by atoms with Gasteiger partial charge in [-0.3, -0.25) is 4.79 Å². The number of nitrogens with zero attached hydrogens (tertiary/aromatic N) is 2. The quantitative estimate of drug-likeness (QED) is 0.916. The molecule has 1 aromatic heterocycles. The van der Waals surface area contributed by atoms with Crippen LogP contribution in [-0.2, 0) is 10.2 Å². The maximum Gasteiger partial charge on any atom is 0.333 e. The first kappa shape index (κ1) is 16.5. The highest BCUT2D eigenvalue weighted by molar-refractivity contribution is 5.82. The largest absolute Gasteiger partial charge is 0.481 e. The molecule has 128 valence electrons. The van der Waals surface area contributed by atoms with Crippen molar-refractivity contribution < 1.29 is 23.1 Å². The van der Waals surface area contributed by atoms with E-state index in [2.05, 4.69) is 5.10 Å². The van der Waals surface area contributed by atoms with Crippen molar-refractivity contribution in [2.75, 3.05) is 0 Å². The summed E-state index contributed by atoms with van der Waals surface area (Å²) in [6.07, 6.45) is 3.70. The Hall–Kier alpha value is -2.31. The summed E-state index contributed by atoms with van der Waals surface area (Å²) in [5.41, 5.74) is 0.166. The van der Waals surface area contributed by atoms with Gasteiger partial charge in [0.05, 0.1) is 11.6 Å². The van der Waals surface area contributed by atoms with Crippen LogP contribution in [0.4, 0.5) is 13.2 Å². The molecule has 7 heteroatoms. The highest BCUT2D eigenvalue weighted by atomic mass is 19.3. The number of hydrogen-bond donors (Lipinski definition) is 1. The maximum absolute atomic E-state index is 13.9. The topological polar surface area (TPSA) is 55.1 Å². The summed E-state index contributed by atoms with van der Waals surface area (Å²) in [4.78, 5) is 12.0. The van der Waals surface area contributed by atoms with Gasteiger partial charge in [0.2, 0.25) is 0 Å². The van der Waals surface area contributed by atoms with E-state index in [1.54, 1.807) is 13.0 Å². The fourth-order valence-corrected chi connectivity index (χ4v) is 3.68. The third-order valence-corrected chi connectivity index (χ3v) is 5.00. The lowest BCUT2D eigenvalue weighted by Gasteiger charge is -2.27. The Labute approximate surface area is 136 Å². The van der Waals surface area contributed by atoms with Gasteiger partial charge in [-0.1, -0.05) is 12.1 Å². The van der Waals surface area contributed by atoms with Gasteiger partial charge in [0.25, 0.3) is 0 Å². The number of hydrogen-bond acceptors (Lipinski definition) is 2. The second-order valence-corrected chi connectivity index (χ2v) is 6.27. The monoisotopic (exact) mass is 338 g/mol. The zero-order chi connectivity index (χ0) is 17.5. The van der Waals surface area contributed by atoms with Gasteiger partial charge in [0, 0.05) is 6.20 Å². The Morgan fingerprint density at radius 2 is 2.21 bits per heavy atom. The normalized spacial score (nSPS) is 23.8. The molecule has 1 fully saturated rings. The van der Waals surface area contributed by atoms with E-state index in [1.807, 2.05) is 0 Å².